The van der Waals surface area contributed by atoms with E-state index < -0.39 is 12.3 Å². The minimum atomic E-state index is -0.881. The normalized spacial score (nSPS) is 46.2. The molecule has 4 saturated carbocycles. The Morgan fingerprint density at radius 1 is 0.483 bits per heavy atom. The SMILES string of the molecule is CCCC1CCC2CC(CCC3CCC(C4CC(F)CC(F)C4)CC3)CCC2C1. The minimum Gasteiger partial charge on any atom is -0.247 e. The highest BCUT2D eigenvalue weighted by Gasteiger charge is 2.37. The van der Waals surface area contributed by atoms with Gasteiger partial charge >= 0.3 is 0 Å². The molecule has 29 heavy (non-hydrogen) atoms. The van der Waals surface area contributed by atoms with Gasteiger partial charge in [0.2, 0.25) is 0 Å². The monoisotopic (exact) mass is 408 g/mol. The maximum absolute atomic E-state index is 13.8. The van der Waals surface area contributed by atoms with Gasteiger partial charge < -0.3 is 0 Å². The fourth-order valence-electron chi connectivity index (χ4n) is 8.04. The fourth-order valence-corrected chi connectivity index (χ4v) is 8.04. The van der Waals surface area contributed by atoms with Crippen molar-refractivity contribution in [2.75, 3.05) is 0 Å². The van der Waals surface area contributed by atoms with E-state index in [-0.39, 0.29) is 6.42 Å². The van der Waals surface area contributed by atoms with E-state index in [1.54, 1.807) is 0 Å². The van der Waals surface area contributed by atoms with Gasteiger partial charge in [0.25, 0.3) is 0 Å². The van der Waals surface area contributed by atoms with Crippen molar-refractivity contribution >= 4 is 0 Å². The molecule has 0 N–H and O–H groups in total. The van der Waals surface area contributed by atoms with Crippen LogP contribution in [0.25, 0.3) is 0 Å². The van der Waals surface area contributed by atoms with E-state index >= 15 is 0 Å². The summed E-state index contributed by atoms with van der Waals surface area (Å²) in [6.07, 6.45) is 19.6. The van der Waals surface area contributed by atoms with E-state index in [0.717, 1.165) is 29.6 Å². The summed E-state index contributed by atoms with van der Waals surface area (Å²) in [7, 11) is 0. The number of hydrogen-bond donors (Lipinski definition) is 0. The van der Waals surface area contributed by atoms with Crippen LogP contribution in [0.1, 0.15) is 116 Å². The molecule has 0 aromatic carbocycles. The molecular weight excluding hydrogens is 362 g/mol. The van der Waals surface area contributed by atoms with Crippen molar-refractivity contribution in [2.24, 2.45) is 41.4 Å². The predicted molar refractivity (Wildman–Crippen MR) is 118 cm³/mol. The first kappa shape index (κ1) is 22.1. The molecule has 0 aliphatic heterocycles. The quantitative estimate of drug-likeness (QED) is 0.412. The number of rotatable bonds is 6. The summed E-state index contributed by atoms with van der Waals surface area (Å²) in [5.74, 6) is 5.97. The lowest BCUT2D eigenvalue weighted by molar-refractivity contribution is 0.0640. The molecule has 4 fully saturated rings. The molecule has 0 aromatic heterocycles. The number of alkyl halides is 2. The van der Waals surface area contributed by atoms with Gasteiger partial charge in [0.05, 0.1) is 0 Å². The van der Waals surface area contributed by atoms with Crippen LogP contribution >= 0.6 is 0 Å². The first-order valence-electron chi connectivity index (χ1n) is 13.4. The van der Waals surface area contributed by atoms with Gasteiger partial charge in [-0.3, -0.25) is 0 Å². The molecule has 0 nitrogen and oxygen atoms in total. The van der Waals surface area contributed by atoms with Crippen molar-refractivity contribution in [3.63, 3.8) is 0 Å². The van der Waals surface area contributed by atoms with Crippen LogP contribution in [0.15, 0.2) is 0 Å². The lowest BCUT2D eigenvalue weighted by atomic mass is 9.63. The van der Waals surface area contributed by atoms with Crippen LogP contribution in [0.5, 0.6) is 0 Å². The Balaban J connectivity index is 1.14. The van der Waals surface area contributed by atoms with Crippen molar-refractivity contribution < 1.29 is 8.78 Å². The molecule has 6 atom stereocenters. The molecular formula is C27H46F2. The summed E-state index contributed by atoms with van der Waals surface area (Å²) >= 11 is 0. The van der Waals surface area contributed by atoms with Gasteiger partial charge in [-0.05, 0) is 92.8 Å². The Kier molecular flexibility index (Phi) is 7.95. The van der Waals surface area contributed by atoms with E-state index in [4.69, 9.17) is 0 Å². The molecule has 0 saturated heterocycles. The van der Waals surface area contributed by atoms with E-state index in [1.165, 1.54) is 89.9 Å². The average molecular weight is 409 g/mol. The van der Waals surface area contributed by atoms with Gasteiger partial charge in [0.1, 0.15) is 12.3 Å². The summed E-state index contributed by atoms with van der Waals surface area (Å²) in [6, 6.07) is 0. The zero-order chi connectivity index (χ0) is 20.2. The third-order valence-electron chi connectivity index (χ3n) is 9.70. The van der Waals surface area contributed by atoms with Crippen molar-refractivity contribution in [3.05, 3.63) is 0 Å². The lowest BCUT2D eigenvalue weighted by Crippen LogP contribution is -2.32. The van der Waals surface area contributed by atoms with Crippen molar-refractivity contribution in [2.45, 2.75) is 128 Å². The zero-order valence-electron chi connectivity index (χ0n) is 19.0. The largest absolute Gasteiger partial charge is 0.247 e. The molecule has 0 radical (unpaired) electrons. The van der Waals surface area contributed by atoms with Gasteiger partial charge in [-0.1, -0.05) is 58.3 Å². The highest BCUT2D eigenvalue weighted by atomic mass is 19.1. The number of hydrogen-bond acceptors (Lipinski definition) is 0. The van der Waals surface area contributed by atoms with Crippen LogP contribution in [-0.2, 0) is 0 Å². The second kappa shape index (κ2) is 10.4. The Labute approximate surface area is 179 Å². The molecule has 4 aliphatic carbocycles. The highest BCUT2D eigenvalue weighted by molar-refractivity contribution is 4.88. The molecule has 4 rings (SSSR count). The molecule has 0 aromatic rings. The Hall–Kier alpha value is -0.140. The summed E-state index contributed by atoms with van der Waals surface area (Å²) in [5.41, 5.74) is 0. The second-order valence-corrected chi connectivity index (χ2v) is 11.7. The van der Waals surface area contributed by atoms with E-state index in [0.29, 0.717) is 24.7 Å². The molecule has 0 heterocycles. The third kappa shape index (κ3) is 5.97. The minimum absolute atomic E-state index is 0.161. The highest BCUT2D eigenvalue weighted by Crippen LogP contribution is 2.48. The summed E-state index contributed by atoms with van der Waals surface area (Å²) in [6.45, 7) is 2.35. The predicted octanol–water partition coefficient (Wildman–Crippen LogP) is 8.68. The maximum atomic E-state index is 13.8. The first-order chi connectivity index (χ1) is 14.1. The number of fused-ring (bicyclic) bond motifs is 1. The van der Waals surface area contributed by atoms with Crippen molar-refractivity contribution in [3.8, 4) is 0 Å². The summed E-state index contributed by atoms with van der Waals surface area (Å²) in [5, 5.41) is 0. The van der Waals surface area contributed by atoms with Gasteiger partial charge in [-0.2, -0.15) is 0 Å². The number of halogens is 2. The van der Waals surface area contributed by atoms with Gasteiger partial charge in [0, 0.05) is 6.42 Å². The van der Waals surface area contributed by atoms with Gasteiger partial charge in [-0.15, -0.1) is 0 Å². The van der Waals surface area contributed by atoms with Crippen molar-refractivity contribution in [1.82, 2.24) is 0 Å². The standard InChI is InChI=1S/C27H46F2/c1-2-3-20-8-12-24-15-21(9-13-23(24)14-20)5-4-19-6-10-22(11-7-19)25-16-26(28)18-27(29)17-25/h19-27H,2-18H2,1H3. The first-order valence-corrected chi connectivity index (χ1v) is 13.4. The van der Waals surface area contributed by atoms with E-state index in [2.05, 4.69) is 6.92 Å². The topological polar surface area (TPSA) is 0 Å². The average Bonchev–Trinajstić information content (AvgIpc) is 2.72. The van der Waals surface area contributed by atoms with Crippen LogP contribution in [0.2, 0.25) is 0 Å². The van der Waals surface area contributed by atoms with Crippen LogP contribution in [0.4, 0.5) is 8.78 Å². The van der Waals surface area contributed by atoms with Crippen molar-refractivity contribution in [1.29, 1.82) is 0 Å². The Bertz CT molecular complexity index is 473. The molecule has 6 unspecified atom stereocenters. The van der Waals surface area contributed by atoms with Gasteiger partial charge in [0.15, 0.2) is 0 Å². The molecule has 4 aliphatic rings. The zero-order valence-corrected chi connectivity index (χ0v) is 19.0. The second-order valence-electron chi connectivity index (χ2n) is 11.7. The summed E-state index contributed by atoms with van der Waals surface area (Å²) in [4.78, 5) is 0. The van der Waals surface area contributed by atoms with E-state index in [9.17, 15) is 8.78 Å². The van der Waals surface area contributed by atoms with Gasteiger partial charge in [-0.25, -0.2) is 8.78 Å². The Morgan fingerprint density at radius 2 is 0.966 bits per heavy atom. The fraction of sp³-hybridized carbons (Fsp3) is 1.00. The Morgan fingerprint density at radius 3 is 1.55 bits per heavy atom. The van der Waals surface area contributed by atoms with Crippen LogP contribution < -0.4 is 0 Å². The van der Waals surface area contributed by atoms with Crippen LogP contribution in [0, 0.1) is 41.4 Å². The smallest absolute Gasteiger partial charge is 0.103 e. The molecule has 0 amide bonds. The van der Waals surface area contributed by atoms with Crippen LogP contribution in [-0.4, -0.2) is 12.3 Å². The molecule has 2 heteroatoms. The lowest BCUT2D eigenvalue weighted by Gasteiger charge is -2.43. The molecule has 0 bridgehead atoms. The maximum Gasteiger partial charge on any atom is 0.103 e. The van der Waals surface area contributed by atoms with Crippen LogP contribution in [0.3, 0.4) is 0 Å². The summed E-state index contributed by atoms with van der Waals surface area (Å²) < 4.78 is 27.6. The third-order valence-corrected chi connectivity index (χ3v) is 9.70. The molecule has 168 valence electrons. The van der Waals surface area contributed by atoms with E-state index in [1.807, 2.05) is 0 Å². The molecule has 0 spiro atoms.